The number of aryl methyl sites for hydroxylation is 1. The molecule has 2 atom stereocenters. The van der Waals surface area contributed by atoms with Crippen LogP contribution in [0.2, 0.25) is 0 Å². The van der Waals surface area contributed by atoms with Gasteiger partial charge in [-0.25, -0.2) is 0 Å². The van der Waals surface area contributed by atoms with Crippen molar-refractivity contribution >= 4 is 0 Å². The lowest BCUT2D eigenvalue weighted by molar-refractivity contribution is -0.0469. The van der Waals surface area contributed by atoms with Gasteiger partial charge < -0.3 is 14.8 Å². The molecule has 0 aromatic heterocycles. The molecule has 1 aromatic rings. The van der Waals surface area contributed by atoms with E-state index in [-0.39, 0.29) is 12.2 Å². The highest BCUT2D eigenvalue weighted by molar-refractivity contribution is 5.23. The molecule has 20 heavy (non-hydrogen) atoms. The lowest BCUT2D eigenvalue weighted by Crippen LogP contribution is -2.28. The molecule has 0 aliphatic rings. The van der Waals surface area contributed by atoms with Gasteiger partial charge in [0, 0.05) is 13.2 Å². The maximum absolute atomic E-state index is 6.14. The minimum Gasteiger partial charge on any atom is -0.379 e. The van der Waals surface area contributed by atoms with Crippen molar-refractivity contribution in [2.24, 2.45) is 0 Å². The molecule has 0 heterocycles. The molecule has 0 radical (unpaired) electrons. The van der Waals surface area contributed by atoms with E-state index in [9.17, 15) is 0 Å². The van der Waals surface area contributed by atoms with Gasteiger partial charge in [-0.1, -0.05) is 36.8 Å². The highest BCUT2D eigenvalue weighted by Gasteiger charge is 2.15. The van der Waals surface area contributed by atoms with Crippen molar-refractivity contribution in [2.75, 3.05) is 26.3 Å². The number of ether oxygens (including phenoxy) is 2. The highest BCUT2D eigenvalue weighted by atomic mass is 16.5. The van der Waals surface area contributed by atoms with Crippen LogP contribution in [0.3, 0.4) is 0 Å². The van der Waals surface area contributed by atoms with Gasteiger partial charge in [-0.3, -0.25) is 0 Å². The Balaban J connectivity index is 2.61. The molecule has 0 spiro atoms. The van der Waals surface area contributed by atoms with E-state index >= 15 is 0 Å². The first-order valence-electron chi connectivity index (χ1n) is 7.67. The molecule has 0 saturated carbocycles. The van der Waals surface area contributed by atoms with Crippen molar-refractivity contribution in [3.8, 4) is 0 Å². The van der Waals surface area contributed by atoms with E-state index in [2.05, 4.69) is 50.4 Å². The fourth-order valence-corrected chi connectivity index (χ4v) is 2.04. The van der Waals surface area contributed by atoms with Crippen LogP contribution >= 0.6 is 0 Å². The zero-order chi connectivity index (χ0) is 14.8. The number of benzene rings is 1. The number of hydrogen-bond acceptors (Lipinski definition) is 3. The fourth-order valence-electron chi connectivity index (χ4n) is 2.04. The van der Waals surface area contributed by atoms with Crippen LogP contribution in [0, 0.1) is 6.92 Å². The molecule has 1 rings (SSSR count). The molecule has 0 aliphatic heterocycles. The summed E-state index contributed by atoms with van der Waals surface area (Å²) in [6, 6.07) is 8.58. The summed E-state index contributed by atoms with van der Waals surface area (Å²) in [6.45, 7) is 11.6. The third-order valence-corrected chi connectivity index (χ3v) is 3.16. The van der Waals surface area contributed by atoms with E-state index in [0.717, 1.165) is 26.1 Å². The summed E-state index contributed by atoms with van der Waals surface area (Å²) in [7, 11) is 0. The second kappa shape index (κ2) is 9.92. The smallest absolute Gasteiger partial charge is 0.0954 e. The van der Waals surface area contributed by atoms with Crippen molar-refractivity contribution in [2.45, 2.75) is 46.3 Å². The largest absolute Gasteiger partial charge is 0.379 e. The molecule has 0 saturated heterocycles. The van der Waals surface area contributed by atoms with Gasteiger partial charge in [0.2, 0.25) is 0 Å². The van der Waals surface area contributed by atoms with E-state index in [4.69, 9.17) is 9.47 Å². The van der Waals surface area contributed by atoms with Crippen molar-refractivity contribution in [3.05, 3.63) is 35.4 Å². The van der Waals surface area contributed by atoms with Crippen LogP contribution in [-0.4, -0.2) is 32.4 Å². The van der Waals surface area contributed by atoms with Gasteiger partial charge in [-0.2, -0.15) is 0 Å². The van der Waals surface area contributed by atoms with Crippen molar-refractivity contribution < 1.29 is 9.47 Å². The molecular formula is C17H29NO2. The van der Waals surface area contributed by atoms with Gasteiger partial charge in [0.05, 0.1) is 18.8 Å². The van der Waals surface area contributed by atoms with E-state index in [0.29, 0.717) is 6.61 Å². The topological polar surface area (TPSA) is 30.5 Å². The Bertz CT molecular complexity index is 351. The lowest BCUT2D eigenvalue weighted by Gasteiger charge is -2.23. The Morgan fingerprint density at radius 3 is 2.45 bits per heavy atom. The first kappa shape index (κ1) is 17.2. The Hall–Kier alpha value is -0.900. The quantitative estimate of drug-likeness (QED) is 0.665. The molecule has 1 N–H and O–H groups in total. The summed E-state index contributed by atoms with van der Waals surface area (Å²) in [6.07, 6.45) is 1.32. The van der Waals surface area contributed by atoms with E-state index in [1.165, 1.54) is 11.1 Å². The van der Waals surface area contributed by atoms with Gasteiger partial charge in [-0.15, -0.1) is 0 Å². The Kier molecular flexibility index (Phi) is 8.51. The van der Waals surface area contributed by atoms with Gasteiger partial charge >= 0.3 is 0 Å². The third-order valence-electron chi connectivity index (χ3n) is 3.16. The van der Waals surface area contributed by atoms with Gasteiger partial charge in [0.25, 0.3) is 0 Å². The maximum atomic E-state index is 6.14. The lowest BCUT2D eigenvalue weighted by atomic mass is 10.1. The van der Waals surface area contributed by atoms with Crippen LogP contribution in [-0.2, 0) is 9.47 Å². The van der Waals surface area contributed by atoms with Crippen LogP contribution in [0.25, 0.3) is 0 Å². The fraction of sp³-hybridized carbons (Fsp3) is 0.647. The standard InChI is InChI=1S/C17H29NO2/c1-5-11-18-12-17(20-15(4)13-19-6-2)16-9-7-14(3)8-10-16/h7-10,15,17-18H,5-6,11-13H2,1-4H3. The van der Waals surface area contributed by atoms with Crippen molar-refractivity contribution in [3.63, 3.8) is 0 Å². The van der Waals surface area contributed by atoms with Crippen molar-refractivity contribution in [1.29, 1.82) is 0 Å². The molecule has 2 unspecified atom stereocenters. The zero-order valence-electron chi connectivity index (χ0n) is 13.3. The molecular weight excluding hydrogens is 250 g/mol. The Morgan fingerprint density at radius 2 is 1.85 bits per heavy atom. The predicted molar refractivity (Wildman–Crippen MR) is 84.1 cm³/mol. The summed E-state index contributed by atoms with van der Waals surface area (Å²) in [5, 5.41) is 3.44. The molecule has 3 nitrogen and oxygen atoms in total. The van der Waals surface area contributed by atoms with E-state index < -0.39 is 0 Å². The molecule has 0 aliphatic carbocycles. The van der Waals surface area contributed by atoms with Gasteiger partial charge in [0.1, 0.15) is 0 Å². The summed E-state index contributed by atoms with van der Waals surface area (Å²) < 4.78 is 11.6. The van der Waals surface area contributed by atoms with Gasteiger partial charge in [-0.05, 0) is 39.3 Å². The average Bonchev–Trinajstić information content (AvgIpc) is 2.45. The predicted octanol–water partition coefficient (Wildman–Crippen LogP) is 3.48. The SMILES string of the molecule is CCCNCC(OC(C)COCC)c1ccc(C)cc1. The summed E-state index contributed by atoms with van der Waals surface area (Å²) in [5.74, 6) is 0. The normalized spacial score (nSPS) is 14.2. The molecule has 114 valence electrons. The minimum absolute atomic E-state index is 0.0811. The first-order chi connectivity index (χ1) is 9.67. The molecule has 0 bridgehead atoms. The third kappa shape index (κ3) is 6.51. The number of rotatable bonds is 10. The molecule has 1 aromatic carbocycles. The number of nitrogens with one attached hydrogen (secondary N) is 1. The van der Waals surface area contributed by atoms with Crippen LogP contribution < -0.4 is 5.32 Å². The van der Waals surface area contributed by atoms with E-state index in [1.54, 1.807) is 0 Å². The van der Waals surface area contributed by atoms with Crippen LogP contribution in [0.1, 0.15) is 44.4 Å². The van der Waals surface area contributed by atoms with Crippen molar-refractivity contribution in [1.82, 2.24) is 5.32 Å². The van der Waals surface area contributed by atoms with Crippen LogP contribution in [0.4, 0.5) is 0 Å². The second-order valence-electron chi connectivity index (χ2n) is 5.21. The zero-order valence-corrected chi connectivity index (χ0v) is 13.3. The second-order valence-corrected chi connectivity index (χ2v) is 5.21. The summed E-state index contributed by atoms with van der Waals surface area (Å²) in [5.41, 5.74) is 2.50. The monoisotopic (exact) mass is 279 g/mol. The molecule has 3 heteroatoms. The Labute approximate surface area is 123 Å². The Morgan fingerprint density at radius 1 is 1.15 bits per heavy atom. The van der Waals surface area contributed by atoms with Gasteiger partial charge in [0.15, 0.2) is 0 Å². The number of hydrogen-bond donors (Lipinski definition) is 1. The van der Waals surface area contributed by atoms with Crippen LogP contribution in [0.15, 0.2) is 24.3 Å². The minimum atomic E-state index is 0.0811. The van der Waals surface area contributed by atoms with Crippen LogP contribution in [0.5, 0.6) is 0 Å². The summed E-state index contributed by atoms with van der Waals surface area (Å²) >= 11 is 0. The summed E-state index contributed by atoms with van der Waals surface area (Å²) in [4.78, 5) is 0. The van der Waals surface area contributed by atoms with E-state index in [1.807, 2.05) is 6.92 Å². The maximum Gasteiger partial charge on any atom is 0.0954 e. The molecule has 0 amide bonds. The first-order valence-corrected chi connectivity index (χ1v) is 7.67. The average molecular weight is 279 g/mol. The molecule has 0 fully saturated rings. The highest BCUT2D eigenvalue weighted by Crippen LogP contribution is 2.19.